The number of nitrogens with two attached hydrogens (primary N) is 1. The molecule has 2 aromatic heterocycles. The Morgan fingerprint density at radius 2 is 1.89 bits per heavy atom. The van der Waals surface area contributed by atoms with Gasteiger partial charge in [0.05, 0.1) is 5.39 Å². The molecule has 0 saturated carbocycles. The fourth-order valence-electron chi connectivity index (χ4n) is 1.67. The zero-order valence-electron chi connectivity index (χ0n) is 9.42. The molecular formula is C12H11N5S. The Labute approximate surface area is 108 Å². The predicted octanol–water partition coefficient (Wildman–Crippen LogP) is 2.72. The molecule has 0 bridgehead atoms. The maximum atomic E-state index is 5.37. The van der Waals surface area contributed by atoms with Crippen molar-refractivity contribution >= 4 is 39.0 Å². The van der Waals surface area contributed by atoms with Gasteiger partial charge in [0.15, 0.2) is 0 Å². The minimum Gasteiger partial charge on any atom is -0.340 e. The topological polar surface area (TPSA) is 75.9 Å². The first-order valence-corrected chi connectivity index (χ1v) is 6.29. The minimum atomic E-state index is 0.406. The van der Waals surface area contributed by atoms with Gasteiger partial charge in [-0.2, -0.15) is 4.98 Å². The number of benzene rings is 1. The van der Waals surface area contributed by atoms with Crippen molar-refractivity contribution in [2.45, 2.75) is 0 Å². The van der Waals surface area contributed by atoms with E-state index in [2.05, 4.69) is 20.7 Å². The van der Waals surface area contributed by atoms with Gasteiger partial charge in [-0.3, -0.25) is 5.43 Å². The number of para-hydroxylation sites is 1. The van der Waals surface area contributed by atoms with E-state index in [9.17, 15) is 0 Å². The highest BCUT2D eigenvalue weighted by Crippen LogP contribution is 2.28. The molecule has 0 unspecified atom stereocenters. The molecule has 3 aromatic rings. The molecule has 90 valence electrons. The molecule has 0 fully saturated rings. The molecule has 2 heterocycles. The van der Waals surface area contributed by atoms with Gasteiger partial charge >= 0.3 is 0 Å². The number of nitrogens with zero attached hydrogens (tertiary/aromatic N) is 2. The molecule has 0 aliphatic rings. The van der Waals surface area contributed by atoms with E-state index in [1.807, 2.05) is 41.8 Å². The number of nitrogen functional groups attached to an aromatic ring is 1. The van der Waals surface area contributed by atoms with Crippen LogP contribution in [0.25, 0.3) is 10.2 Å². The van der Waals surface area contributed by atoms with E-state index < -0.39 is 0 Å². The first kappa shape index (κ1) is 10.9. The summed E-state index contributed by atoms with van der Waals surface area (Å²) < 4.78 is 0. The van der Waals surface area contributed by atoms with Crippen LogP contribution >= 0.6 is 11.3 Å². The fourth-order valence-corrected chi connectivity index (χ4v) is 2.44. The summed E-state index contributed by atoms with van der Waals surface area (Å²) in [6.07, 6.45) is 0. The van der Waals surface area contributed by atoms with Crippen LogP contribution in [0.2, 0.25) is 0 Å². The number of hydrogen-bond acceptors (Lipinski definition) is 6. The minimum absolute atomic E-state index is 0.406. The molecule has 6 heteroatoms. The van der Waals surface area contributed by atoms with Crippen molar-refractivity contribution in [1.82, 2.24) is 9.97 Å². The molecule has 0 atom stereocenters. The average Bonchev–Trinajstić information content (AvgIpc) is 2.88. The maximum Gasteiger partial charge on any atom is 0.240 e. The van der Waals surface area contributed by atoms with Crippen LogP contribution < -0.4 is 16.6 Å². The van der Waals surface area contributed by atoms with E-state index in [1.165, 1.54) is 0 Å². The lowest BCUT2D eigenvalue weighted by molar-refractivity contribution is 1.16. The Bertz CT molecular complexity index is 665. The number of hydrazine groups is 1. The van der Waals surface area contributed by atoms with Crippen molar-refractivity contribution in [2.75, 3.05) is 10.7 Å². The quantitative estimate of drug-likeness (QED) is 0.497. The monoisotopic (exact) mass is 257 g/mol. The summed E-state index contributed by atoms with van der Waals surface area (Å²) in [5, 5.41) is 6.24. The molecule has 0 radical (unpaired) electrons. The van der Waals surface area contributed by atoms with Crippen LogP contribution in [0, 0.1) is 0 Å². The third-order valence-electron chi connectivity index (χ3n) is 2.49. The van der Waals surface area contributed by atoms with Gasteiger partial charge in [0.25, 0.3) is 0 Å². The maximum absolute atomic E-state index is 5.37. The van der Waals surface area contributed by atoms with Gasteiger partial charge in [0.2, 0.25) is 5.95 Å². The second-order valence-corrected chi connectivity index (χ2v) is 4.57. The number of nitrogens with one attached hydrogen (secondary N) is 2. The highest BCUT2D eigenvalue weighted by atomic mass is 32.1. The third-order valence-corrected chi connectivity index (χ3v) is 3.30. The molecule has 5 nitrogen and oxygen atoms in total. The van der Waals surface area contributed by atoms with Crippen molar-refractivity contribution in [2.24, 2.45) is 5.84 Å². The number of hydrogen-bond donors (Lipinski definition) is 3. The van der Waals surface area contributed by atoms with Gasteiger partial charge in [-0.1, -0.05) is 18.2 Å². The number of fused-ring (bicyclic) bond motifs is 1. The van der Waals surface area contributed by atoms with Crippen LogP contribution in [-0.2, 0) is 0 Å². The lowest BCUT2D eigenvalue weighted by Gasteiger charge is -2.08. The van der Waals surface area contributed by atoms with Gasteiger partial charge < -0.3 is 5.32 Å². The van der Waals surface area contributed by atoms with E-state index in [0.717, 1.165) is 21.7 Å². The molecule has 3 rings (SSSR count). The van der Waals surface area contributed by atoms with Crippen molar-refractivity contribution in [3.63, 3.8) is 0 Å². The normalized spacial score (nSPS) is 10.5. The van der Waals surface area contributed by atoms with Crippen molar-refractivity contribution in [3.05, 3.63) is 41.8 Å². The van der Waals surface area contributed by atoms with Crippen molar-refractivity contribution < 1.29 is 0 Å². The molecule has 0 spiro atoms. The van der Waals surface area contributed by atoms with Gasteiger partial charge in [0, 0.05) is 5.69 Å². The lowest BCUT2D eigenvalue weighted by Crippen LogP contribution is -2.11. The SMILES string of the molecule is NNc1nc(Nc2ccccc2)c2ccsc2n1. The van der Waals surface area contributed by atoms with Crippen molar-refractivity contribution in [3.8, 4) is 0 Å². The van der Waals surface area contributed by atoms with Crippen LogP contribution in [0.3, 0.4) is 0 Å². The lowest BCUT2D eigenvalue weighted by atomic mass is 10.3. The molecule has 4 N–H and O–H groups in total. The average molecular weight is 257 g/mol. The largest absolute Gasteiger partial charge is 0.340 e. The predicted molar refractivity (Wildman–Crippen MR) is 74.9 cm³/mol. The van der Waals surface area contributed by atoms with E-state index in [-0.39, 0.29) is 0 Å². The summed E-state index contributed by atoms with van der Waals surface area (Å²) in [5.74, 6) is 6.53. The van der Waals surface area contributed by atoms with Crippen molar-refractivity contribution in [1.29, 1.82) is 0 Å². The zero-order chi connectivity index (χ0) is 12.4. The van der Waals surface area contributed by atoms with Gasteiger partial charge in [-0.15, -0.1) is 11.3 Å². The fraction of sp³-hybridized carbons (Fsp3) is 0. The Morgan fingerprint density at radius 1 is 1.06 bits per heavy atom. The van der Waals surface area contributed by atoms with E-state index in [0.29, 0.717) is 5.95 Å². The Morgan fingerprint density at radius 3 is 2.67 bits per heavy atom. The van der Waals surface area contributed by atoms with Gasteiger partial charge in [-0.05, 0) is 23.6 Å². The highest BCUT2D eigenvalue weighted by Gasteiger charge is 2.08. The van der Waals surface area contributed by atoms with Gasteiger partial charge in [0.1, 0.15) is 10.6 Å². The molecule has 0 aliphatic carbocycles. The van der Waals surface area contributed by atoms with Crippen LogP contribution in [0.15, 0.2) is 41.8 Å². The second kappa shape index (κ2) is 4.59. The summed E-state index contributed by atoms with van der Waals surface area (Å²) >= 11 is 1.55. The number of thiophene rings is 1. The number of rotatable bonds is 3. The van der Waals surface area contributed by atoms with Crippen LogP contribution in [0.5, 0.6) is 0 Å². The Kier molecular flexibility index (Phi) is 2.79. The molecule has 1 aromatic carbocycles. The van der Waals surface area contributed by atoms with Crippen LogP contribution in [-0.4, -0.2) is 9.97 Å². The molecular weight excluding hydrogens is 246 g/mol. The smallest absolute Gasteiger partial charge is 0.240 e. The first-order chi connectivity index (χ1) is 8.86. The second-order valence-electron chi connectivity index (χ2n) is 3.67. The highest BCUT2D eigenvalue weighted by molar-refractivity contribution is 7.16. The number of aromatic nitrogens is 2. The van der Waals surface area contributed by atoms with E-state index >= 15 is 0 Å². The zero-order valence-corrected chi connectivity index (χ0v) is 10.2. The Hall–Kier alpha value is -2.18. The standard InChI is InChI=1S/C12H11N5S/c13-17-12-15-10(9-6-7-18-11(9)16-12)14-8-4-2-1-3-5-8/h1-7H,13H2,(H2,14,15,16,17). The molecule has 0 aliphatic heterocycles. The molecule has 0 amide bonds. The summed E-state index contributed by atoms with van der Waals surface area (Å²) in [5.41, 5.74) is 3.46. The third kappa shape index (κ3) is 1.99. The van der Waals surface area contributed by atoms with Crippen LogP contribution in [0.1, 0.15) is 0 Å². The van der Waals surface area contributed by atoms with E-state index in [1.54, 1.807) is 11.3 Å². The van der Waals surface area contributed by atoms with E-state index in [4.69, 9.17) is 5.84 Å². The number of anilines is 3. The van der Waals surface area contributed by atoms with Crippen LogP contribution in [0.4, 0.5) is 17.5 Å². The summed E-state index contributed by atoms with van der Waals surface area (Å²) in [7, 11) is 0. The molecule has 18 heavy (non-hydrogen) atoms. The summed E-state index contributed by atoms with van der Waals surface area (Å²) in [6, 6.07) is 11.9. The summed E-state index contributed by atoms with van der Waals surface area (Å²) in [6.45, 7) is 0. The molecule has 0 saturated heterocycles. The summed E-state index contributed by atoms with van der Waals surface area (Å²) in [4.78, 5) is 9.52. The first-order valence-electron chi connectivity index (χ1n) is 5.41. The van der Waals surface area contributed by atoms with Gasteiger partial charge in [-0.25, -0.2) is 10.8 Å². The Balaban J connectivity index is 2.07.